The van der Waals surface area contributed by atoms with E-state index in [-0.39, 0.29) is 11.6 Å². The lowest BCUT2D eigenvalue weighted by molar-refractivity contribution is 0.0993. The summed E-state index contributed by atoms with van der Waals surface area (Å²) in [5.74, 6) is -0.472. The summed E-state index contributed by atoms with van der Waals surface area (Å²) in [5, 5.41) is 8.99. The van der Waals surface area contributed by atoms with Gasteiger partial charge in [-0.25, -0.2) is 0 Å². The monoisotopic (exact) mass is 155 g/mol. The number of nitrogens with zero attached hydrogens (tertiary/aromatic N) is 1. The summed E-state index contributed by atoms with van der Waals surface area (Å²) >= 11 is 0. The predicted octanol–water partition coefficient (Wildman–Crippen LogP) is -0.223. The number of amides is 1. The largest absolute Gasteiger partial charge is 0.492 e. The first-order chi connectivity index (χ1) is 5.15. The zero-order valence-electron chi connectivity index (χ0n) is 6.09. The molecule has 0 radical (unpaired) electrons. The van der Waals surface area contributed by atoms with Crippen LogP contribution in [0.5, 0.6) is 5.88 Å². The summed E-state index contributed by atoms with van der Waals surface area (Å²) in [6.45, 7) is 1.85. The number of imidazole rings is 1. The first-order valence-electron chi connectivity index (χ1n) is 3.22. The normalized spacial score (nSPS) is 9.91. The highest BCUT2D eigenvalue weighted by molar-refractivity contribution is 5.93. The Morgan fingerprint density at radius 1 is 1.82 bits per heavy atom. The minimum Gasteiger partial charge on any atom is -0.492 e. The first kappa shape index (κ1) is 7.59. The van der Waals surface area contributed by atoms with Crippen LogP contribution in [0.2, 0.25) is 0 Å². The van der Waals surface area contributed by atoms with Crippen LogP contribution in [0.1, 0.15) is 23.2 Å². The SMILES string of the molecule is CCc1nc(O)c(C(N)=O)[nH]1. The van der Waals surface area contributed by atoms with Gasteiger partial charge in [0.15, 0.2) is 5.69 Å². The number of aromatic hydroxyl groups is 1. The molecule has 5 nitrogen and oxygen atoms in total. The number of aryl methyl sites for hydroxylation is 1. The summed E-state index contributed by atoms with van der Waals surface area (Å²) in [5.41, 5.74) is 4.89. The standard InChI is InChI=1S/C6H9N3O2/c1-2-3-8-4(5(7)10)6(11)9-3/h11H,2H2,1H3,(H2,7,10)(H,8,9). The number of nitrogens with two attached hydrogens (primary N) is 1. The van der Waals surface area contributed by atoms with Crippen LogP contribution in [0.25, 0.3) is 0 Å². The summed E-state index contributed by atoms with van der Waals surface area (Å²) < 4.78 is 0. The average Bonchev–Trinajstić information content (AvgIpc) is 2.30. The van der Waals surface area contributed by atoms with E-state index in [2.05, 4.69) is 9.97 Å². The van der Waals surface area contributed by atoms with E-state index in [9.17, 15) is 4.79 Å². The Bertz CT molecular complexity index is 279. The third-order valence-electron chi connectivity index (χ3n) is 1.32. The number of rotatable bonds is 2. The fourth-order valence-corrected chi connectivity index (χ4v) is 0.751. The number of H-pyrrole nitrogens is 1. The zero-order valence-corrected chi connectivity index (χ0v) is 6.09. The molecule has 0 unspecified atom stereocenters. The molecule has 0 fully saturated rings. The minimum atomic E-state index is -0.699. The molecule has 1 heterocycles. The Hall–Kier alpha value is -1.52. The topological polar surface area (TPSA) is 92.0 Å². The second-order valence-corrected chi connectivity index (χ2v) is 2.10. The quantitative estimate of drug-likeness (QED) is 0.551. The Balaban J connectivity index is 3.07. The van der Waals surface area contributed by atoms with E-state index in [0.717, 1.165) is 0 Å². The van der Waals surface area contributed by atoms with Crippen LogP contribution in [0.4, 0.5) is 0 Å². The van der Waals surface area contributed by atoms with E-state index in [0.29, 0.717) is 12.2 Å². The predicted molar refractivity (Wildman–Crippen MR) is 38.1 cm³/mol. The summed E-state index contributed by atoms with van der Waals surface area (Å²) in [6.07, 6.45) is 0.626. The molecule has 5 heteroatoms. The molecule has 4 N–H and O–H groups in total. The van der Waals surface area contributed by atoms with Crippen LogP contribution in [-0.2, 0) is 6.42 Å². The van der Waals surface area contributed by atoms with Gasteiger partial charge in [-0.1, -0.05) is 6.92 Å². The van der Waals surface area contributed by atoms with Crippen LogP contribution >= 0.6 is 0 Å². The lowest BCUT2D eigenvalue weighted by Crippen LogP contribution is -2.11. The van der Waals surface area contributed by atoms with Gasteiger partial charge < -0.3 is 15.8 Å². The highest BCUT2D eigenvalue weighted by atomic mass is 16.3. The van der Waals surface area contributed by atoms with Crippen molar-refractivity contribution in [1.29, 1.82) is 0 Å². The molecule has 0 aliphatic rings. The summed E-state index contributed by atoms with van der Waals surface area (Å²) in [7, 11) is 0. The second-order valence-electron chi connectivity index (χ2n) is 2.10. The van der Waals surface area contributed by atoms with E-state index >= 15 is 0 Å². The number of carbonyl (C=O) groups excluding carboxylic acids is 1. The number of nitrogens with one attached hydrogen (secondary N) is 1. The molecule has 1 rings (SSSR count). The number of hydrogen-bond donors (Lipinski definition) is 3. The lowest BCUT2D eigenvalue weighted by atomic mass is 10.4. The van der Waals surface area contributed by atoms with Gasteiger partial charge in [0.1, 0.15) is 5.82 Å². The van der Waals surface area contributed by atoms with Crippen LogP contribution in [0, 0.1) is 0 Å². The van der Waals surface area contributed by atoms with Crippen molar-refractivity contribution in [2.75, 3.05) is 0 Å². The highest BCUT2D eigenvalue weighted by Crippen LogP contribution is 2.11. The van der Waals surface area contributed by atoms with Crippen molar-refractivity contribution < 1.29 is 9.90 Å². The van der Waals surface area contributed by atoms with Gasteiger partial charge in [0.05, 0.1) is 0 Å². The molecule has 0 saturated carbocycles. The van der Waals surface area contributed by atoms with E-state index in [4.69, 9.17) is 10.8 Å². The second kappa shape index (κ2) is 2.61. The van der Waals surface area contributed by atoms with E-state index in [1.54, 1.807) is 0 Å². The number of aromatic nitrogens is 2. The minimum absolute atomic E-state index is 0.0261. The molecule has 1 amide bonds. The third kappa shape index (κ3) is 1.31. The molecule has 1 aromatic rings. The van der Waals surface area contributed by atoms with Gasteiger partial charge in [-0.3, -0.25) is 4.79 Å². The average molecular weight is 155 g/mol. The Morgan fingerprint density at radius 2 is 2.45 bits per heavy atom. The number of carbonyl (C=O) groups is 1. The van der Waals surface area contributed by atoms with E-state index in [1.165, 1.54) is 0 Å². The van der Waals surface area contributed by atoms with Gasteiger partial charge >= 0.3 is 0 Å². The molecular weight excluding hydrogens is 146 g/mol. The molecule has 0 aliphatic heterocycles. The van der Waals surface area contributed by atoms with Crippen molar-refractivity contribution in [3.8, 4) is 5.88 Å². The smallest absolute Gasteiger partial charge is 0.270 e. The maximum Gasteiger partial charge on any atom is 0.270 e. The first-order valence-corrected chi connectivity index (χ1v) is 3.22. The van der Waals surface area contributed by atoms with Crippen LogP contribution in [0.3, 0.4) is 0 Å². The molecule has 0 bridgehead atoms. The van der Waals surface area contributed by atoms with Crippen molar-refractivity contribution >= 4 is 5.91 Å². The fraction of sp³-hybridized carbons (Fsp3) is 0.333. The molecule has 0 aromatic carbocycles. The van der Waals surface area contributed by atoms with Gasteiger partial charge in [-0.2, -0.15) is 4.98 Å². The number of aromatic amines is 1. The molecule has 0 atom stereocenters. The maximum atomic E-state index is 10.5. The van der Waals surface area contributed by atoms with Gasteiger partial charge in [-0.05, 0) is 0 Å². The van der Waals surface area contributed by atoms with Crippen LogP contribution < -0.4 is 5.73 Å². The van der Waals surface area contributed by atoms with Crippen molar-refractivity contribution in [2.45, 2.75) is 13.3 Å². The lowest BCUT2D eigenvalue weighted by Gasteiger charge is -1.86. The Kier molecular flexibility index (Phi) is 1.80. The number of primary amides is 1. The van der Waals surface area contributed by atoms with Crippen molar-refractivity contribution in [3.05, 3.63) is 11.5 Å². The van der Waals surface area contributed by atoms with Gasteiger partial charge in [0.2, 0.25) is 5.88 Å². The maximum absolute atomic E-state index is 10.5. The Morgan fingerprint density at radius 3 is 2.73 bits per heavy atom. The Labute approximate surface area is 63.3 Å². The molecule has 0 saturated heterocycles. The molecule has 0 aliphatic carbocycles. The molecule has 60 valence electrons. The summed E-state index contributed by atoms with van der Waals surface area (Å²) in [4.78, 5) is 16.8. The van der Waals surface area contributed by atoms with Crippen LogP contribution in [-0.4, -0.2) is 21.0 Å². The molecule has 0 spiro atoms. The van der Waals surface area contributed by atoms with Crippen LogP contribution in [0.15, 0.2) is 0 Å². The van der Waals surface area contributed by atoms with Crippen molar-refractivity contribution in [1.82, 2.24) is 9.97 Å². The molecule has 1 aromatic heterocycles. The fourth-order valence-electron chi connectivity index (χ4n) is 0.751. The van der Waals surface area contributed by atoms with Gasteiger partial charge in [0, 0.05) is 6.42 Å². The van der Waals surface area contributed by atoms with Crippen molar-refractivity contribution in [3.63, 3.8) is 0 Å². The highest BCUT2D eigenvalue weighted by Gasteiger charge is 2.11. The van der Waals surface area contributed by atoms with E-state index in [1.807, 2.05) is 6.92 Å². The van der Waals surface area contributed by atoms with E-state index < -0.39 is 5.91 Å². The van der Waals surface area contributed by atoms with Crippen molar-refractivity contribution in [2.24, 2.45) is 5.73 Å². The number of hydrogen-bond acceptors (Lipinski definition) is 3. The molecule has 11 heavy (non-hydrogen) atoms. The van der Waals surface area contributed by atoms with Gasteiger partial charge in [-0.15, -0.1) is 0 Å². The summed E-state index contributed by atoms with van der Waals surface area (Å²) in [6, 6.07) is 0. The van der Waals surface area contributed by atoms with Gasteiger partial charge in [0.25, 0.3) is 5.91 Å². The zero-order chi connectivity index (χ0) is 8.43. The molecular formula is C6H9N3O2. The third-order valence-corrected chi connectivity index (χ3v) is 1.32.